The number of nitrogens with two attached hydrogens (primary N) is 1. The minimum Gasteiger partial charge on any atom is -0.379 e. The first-order chi connectivity index (χ1) is 9.77. The SMILES string of the molecule is N=C(N)SCCOC(c1ccccc1)c1ccccc1. The Morgan fingerprint density at radius 1 is 1.00 bits per heavy atom. The van der Waals surface area contributed by atoms with Crippen molar-refractivity contribution in [1.29, 1.82) is 5.41 Å². The Kier molecular flexibility index (Phi) is 5.65. The molecule has 0 atom stereocenters. The minimum atomic E-state index is -0.0787. The van der Waals surface area contributed by atoms with Gasteiger partial charge in [0.05, 0.1) is 6.61 Å². The summed E-state index contributed by atoms with van der Waals surface area (Å²) in [5.41, 5.74) is 7.58. The van der Waals surface area contributed by atoms with Crippen LogP contribution in [0.2, 0.25) is 0 Å². The van der Waals surface area contributed by atoms with E-state index in [0.29, 0.717) is 12.4 Å². The topological polar surface area (TPSA) is 59.1 Å². The molecular weight excluding hydrogens is 268 g/mol. The number of thioether (sulfide) groups is 1. The highest BCUT2D eigenvalue weighted by Gasteiger charge is 2.13. The number of ether oxygens (including phenoxy) is 1. The van der Waals surface area contributed by atoms with Crippen LogP contribution in [0.1, 0.15) is 17.2 Å². The zero-order valence-electron chi connectivity index (χ0n) is 11.2. The van der Waals surface area contributed by atoms with E-state index in [1.54, 1.807) is 0 Å². The lowest BCUT2D eigenvalue weighted by atomic mass is 10.0. The molecule has 104 valence electrons. The van der Waals surface area contributed by atoms with Gasteiger partial charge in [-0.1, -0.05) is 72.4 Å². The maximum atomic E-state index is 7.19. The van der Waals surface area contributed by atoms with Gasteiger partial charge in [0.1, 0.15) is 6.10 Å². The molecule has 2 aromatic rings. The maximum Gasteiger partial charge on any atom is 0.151 e. The highest BCUT2D eigenvalue weighted by molar-refractivity contribution is 8.13. The van der Waals surface area contributed by atoms with Crippen molar-refractivity contribution in [2.45, 2.75) is 6.10 Å². The number of hydrogen-bond donors (Lipinski definition) is 2. The highest BCUT2D eigenvalue weighted by atomic mass is 32.2. The van der Waals surface area contributed by atoms with Crippen LogP contribution in [0, 0.1) is 5.41 Å². The van der Waals surface area contributed by atoms with Gasteiger partial charge in [0.15, 0.2) is 5.17 Å². The van der Waals surface area contributed by atoms with Crippen LogP contribution in [0.3, 0.4) is 0 Å². The fourth-order valence-corrected chi connectivity index (χ4v) is 2.36. The summed E-state index contributed by atoms with van der Waals surface area (Å²) in [6.45, 7) is 0.554. The van der Waals surface area contributed by atoms with Crippen molar-refractivity contribution in [2.75, 3.05) is 12.4 Å². The van der Waals surface area contributed by atoms with E-state index in [0.717, 1.165) is 11.1 Å². The number of benzene rings is 2. The van der Waals surface area contributed by atoms with Gasteiger partial charge in [0.25, 0.3) is 0 Å². The number of amidine groups is 1. The predicted octanol–water partition coefficient (Wildman–Crippen LogP) is 3.42. The molecule has 0 saturated carbocycles. The van der Waals surface area contributed by atoms with Crippen molar-refractivity contribution >= 4 is 16.9 Å². The van der Waals surface area contributed by atoms with Gasteiger partial charge >= 0.3 is 0 Å². The molecular formula is C16H18N2OS. The molecule has 0 aliphatic heterocycles. The van der Waals surface area contributed by atoms with E-state index in [9.17, 15) is 0 Å². The molecule has 3 nitrogen and oxygen atoms in total. The third kappa shape index (κ3) is 4.40. The quantitative estimate of drug-likeness (QED) is 0.486. The van der Waals surface area contributed by atoms with E-state index in [1.807, 2.05) is 36.4 Å². The van der Waals surface area contributed by atoms with E-state index in [2.05, 4.69) is 24.3 Å². The third-order valence-corrected chi connectivity index (χ3v) is 3.51. The smallest absolute Gasteiger partial charge is 0.151 e. The molecule has 0 fully saturated rings. The molecule has 0 aromatic heterocycles. The summed E-state index contributed by atoms with van der Waals surface area (Å²) in [6, 6.07) is 20.3. The molecule has 0 aliphatic carbocycles. The molecule has 0 radical (unpaired) electrons. The first-order valence-corrected chi connectivity index (χ1v) is 7.44. The monoisotopic (exact) mass is 286 g/mol. The Bertz CT molecular complexity index is 491. The normalized spacial score (nSPS) is 10.7. The van der Waals surface area contributed by atoms with Gasteiger partial charge in [-0.15, -0.1) is 0 Å². The van der Waals surface area contributed by atoms with Gasteiger partial charge in [-0.25, -0.2) is 0 Å². The molecule has 0 amide bonds. The molecule has 0 aliphatic rings. The van der Waals surface area contributed by atoms with Crippen molar-refractivity contribution in [1.82, 2.24) is 0 Å². The summed E-state index contributed by atoms with van der Waals surface area (Å²) in [7, 11) is 0. The Hall–Kier alpha value is -1.78. The Morgan fingerprint density at radius 3 is 1.95 bits per heavy atom. The molecule has 0 spiro atoms. The van der Waals surface area contributed by atoms with E-state index >= 15 is 0 Å². The summed E-state index contributed by atoms with van der Waals surface area (Å²) < 4.78 is 5.99. The Morgan fingerprint density at radius 2 is 1.50 bits per heavy atom. The second-order valence-corrected chi connectivity index (χ2v) is 5.42. The van der Waals surface area contributed by atoms with E-state index < -0.39 is 0 Å². The van der Waals surface area contributed by atoms with Crippen molar-refractivity contribution in [3.8, 4) is 0 Å². The van der Waals surface area contributed by atoms with Crippen molar-refractivity contribution in [3.63, 3.8) is 0 Å². The van der Waals surface area contributed by atoms with Crippen molar-refractivity contribution < 1.29 is 4.74 Å². The fraction of sp³-hybridized carbons (Fsp3) is 0.188. The second kappa shape index (κ2) is 7.72. The number of nitrogens with one attached hydrogen (secondary N) is 1. The predicted molar refractivity (Wildman–Crippen MR) is 85.1 cm³/mol. The van der Waals surface area contributed by atoms with Crippen LogP contribution in [0.15, 0.2) is 60.7 Å². The highest BCUT2D eigenvalue weighted by Crippen LogP contribution is 2.25. The molecule has 0 heterocycles. The standard InChI is InChI=1S/C16H18N2OS/c17-16(18)20-12-11-19-15(13-7-3-1-4-8-13)14-9-5-2-6-10-14/h1-10,15H,11-12H2,(H3,17,18). The van der Waals surface area contributed by atoms with Gasteiger partial charge in [0, 0.05) is 5.75 Å². The number of hydrogen-bond acceptors (Lipinski definition) is 3. The molecule has 20 heavy (non-hydrogen) atoms. The first-order valence-electron chi connectivity index (χ1n) is 6.45. The van der Waals surface area contributed by atoms with Crippen LogP contribution in [0.5, 0.6) is 0 Å². The average Bonchev–Trinajstić information content (AvgIpc) is 2.49. The van der Waals surface area contributed by atoms with Crippen LogP contribution in [0.4, 0.5) is 0 Å². The summed E-state index contributed by atoms with van der Waals surface area (Å²) >= 11 is 1.30. The van der Waals surface area contributed by atoms with Crippen molar-refractivity contribution in [3.05, 3.63) is 71.8 Å². The minimum absolute atomic E-state index is 0.0787. The average molecular weight is 286 g/mol. The summed E-state index contributed by atoms with van der Waals surface area (Å²) in [5.74, 6) is 0.686. The lowest BCUT2D eigenvalue weighted by molar-refractivity contribution is 0.0936. The first kappa shape index (κ1) is 14.6. The largest absolute Gasteiger partial charge is 0.379 e. The third-order valence-electron chi connectivity index (χ3n) is 2.83. The Labute approximate surface area is 123 Å². The second-order valence-electron chi connectivity index (χ2n) is 4.28. The van der Waals surface area contributed by atoms with Gasteiger partial charge in [-0.3, -0.25) is 5.41 Å². The van der Waals surface area contributed by atoms with Gasteiger partial charge in [-0.05, 0) is 11.1 Å². The van der Waals surface area contributed by atoms with Crippen LogP contribution >= 0.6 is 11.8 Å². The van der Waals surface area contributed by atoms with Gasteiger partial charge in [0.2, 0.25) is 0 Å². The molecule has 2 aromatic carbocycles. The summed E-state index contributed by atoms with van der Waals surface area (Å²) in [4.78, 5) is 0. The number of rotatable bonds is 6. The van der Waals surface area contributed by atoms with E-state index in [-0.39, 0.29) is 11.3 Å². The van der Waals surface area contributed by atoms with Crippen LogP contribution in [-0.4, -0.2) is 17.5 Å². The van der Waals surface area contributed by atoms with E-state index in [4.69, 9.17) is 15.9 Å². The summed E-state index contributed by atoms with van der Waals surface area (Å²) in [6.07, 6.45) is -0.0787. The van der Waals surface area contributed by atoms with Crippen LogP contribution < -0.4 is 5.73 Å². The van der Waals surface area contributed by atoms with E-state index in [1.165, 1.54) is 11.8 Å². The fourth-order valence-electron chi connectivity index (χ4n) is 1.96. The zero-order valence-corrected chi connectivity index (χ0v) is 12.0. The summed E-state index contributed by atoms with van der Waals surface area (Å²) in [5, 5.41) is 7.32. The van der Waals surface area contributed by atoms with Crippen LogP contribution in [-0.2, 0) is 4.74 Å². The molecule has 4 heteroatoms. The van der Waals surface area contributed by atoms with Crippen molar-refractivity contribution in [2.24, 2.45) is 5.73 Å². The lowest BCUT2D eigenvalue weighted by Gasteiger charge is -2.18. The Balaban J connectivity index is 2.07. The lowest BCUT2D eigenvalue weighted by Crippen LogP contribution is -2.11. The maximum absolute atomic E-state index is 7.19. The molecule has 2 rings (SSSR count). The van der Waals surface area contributed by atoms with Gasteiger partial charge in [-0.2, -0.15) is 0 Å². The molecule has 0 unspecified atom stereocenters. The molecule has 3 N–H and O–H groups in total. The van der Waals surface area contributed by atoms with Crippen LogP contribution in [0.25, 0.3) is 0 Å². The zero-order chi connectivity index (χ0) is 14.2. The molecule has 0 bridgehead atoms. The molecule has 0 saturated heterocycles. The van der Waals surface area contributed by atoms with Gasteiger partial charge < -0.3 is 10.5 Å².